The second-order valence-electron chi connectivity index (χ2n) is 4.88. The molecule has 2 nitrogen and oxygen atoms in total. The number of rotatable bonds is 4. The molecule has 1 fully saturated rings. The summed E-state index contributed by atoms with van der Waals surface area (Å²) in [6.07, 6.45) is 8.17. The van der Waals surface area contributed by atoms with E-state index >= 15 is 0 Å². The van der Waals surface area contributed by atoms with E-state index in [0.717, 1.165) is 15.8 Å². The molecular formula is C15H21BrO2. The minimum Gasteiger partial charge on any atom is -0.496 e. The highest BCUT2D eigenvalue weighted by Gasteiger charge is 2.13. The Balaban J connectivity index is 1.94. The molecule has 0 bridgehead atoms. The van der Waals surface area contributed by atoms with Gasteiger partial charge in [-0.1, -0.05) is 41.6 Å². The van der Waals surface area contributed by atoms with Gasteiger partial charge in [-0.2, -0.15) is 0 Å². The first-order valence-corrected chi connectivity index (χ1v) is 7.53. The second kappa shape index (κ2) is 7.15. The third-order valence-corrected chi connectivity index (χ3v) is 4.01. The van der Waals surface area contributed by atoms with Crippen LogP contribution in [0.2, 0.25) is 0 Å². The van der Waals surface area contributed by atoms with Crippen LogP contribution in [0.5, 0.6) is 5.75 Å². The van der Waals surface area contributed by atoms with Gasteiger partial charge in [0.2, 0.25) is 0 Å². The van der Waals surface area contributed by atoms with Crippen molar-refractivity contribution in [2.45, 2.75) is 51.2 Å². The Bertz CT molecular complexity index is 371. The molecule has 0 N–H and O–H groups in total. The van der Waals surface area contributed by atoms with Crippen LogP contribution < -0.4 is 4.74 Å². The zero-order chi connectivity index (χ0) is 12.8. The van der Waals surface area contributed by atoms with Gasteiger partial charge in [0.15, 0.2) is 0 Å². The van der Waals surface area contributed by atoms with Crippen LogP contribution in [0.1, 0.15) is 44.1 Å². The molecule has 0 aliphatic heterocycles. The number of methoxy groups -OCH3 is 1. The summed E-state index contributed by atoms with van der Waals surface area (Å²) in [4.78, 5) is 0. The van der Waals surface area contributed by atoms with Gasteiger partial charge in [0, 0.05) is 10.0 Å². The van der Waals surface area contributed by atoms with E-state index in [1.165, 1.54) is 38.5 Å². The number of hydrogen-bond acceptors (Lipinski definition) is 2. The van der Waals surface area contributed by atoms with Crippen LogP contribution in [0.25, 0.3) is 0 Å². The largest absolute Gasteiger partial charge is 0.496 e. The lowest BCUT2D eigenvalue weighted by Crippen LogP contribution is -2.11. The predicted molar refractivity (Wildman–Crippen MR) is 77.0 cm³/mol. The number of halogens is 1. The Kier molecular flexibility index (Phi) is 5.51. The molecule has 0 radical (unpaired) electrons. The van der Waals surface area contributed by atoms with Crippen molar-refractivity contribution in [3.8, 4) is 5.75 Å². The minimum atomic E-state index is 0.427. The van der Waals surface area contributed by atoms with E-state index in [-0.39, 0.29) is 0 Å². The molecule has 0 unspecified atom stereocenters. The van der Waals surface area contributed by atoms with E-state index in [4.69, 9.17) is 9.47 Å². The fraction of sp³-hybridized carbons (Fsp3) is 0.600. The average molecular weight is 313 g/mol. The van der Waals surface area contributed by atoms with Crippen molar-refractivity contribution in [1.82, 2.24) is 0 Å². The van der Waals surface area contributed by atoms with Crippen LogP contribution in [0.15, 0.2) is 22.7 Å². The standard InChI is InChI=1S/C15H21BrO2/c1-17-15-9-8-13(16)10-12(15)11-18-14-6-4-2-3-5-7-14/h8-10,14H,2-7,11H2,1H3. The van der Waals surface area contributed by atoms with Crippen LogP contribution >= 0.6 is 15.9 Å². The first-order valence-electron chi connectivity index (χ1n) is 6.73. The van der Waals surface area contributed by atoms with Crippen molar-refractivity contribution < 1.29 is 9.47 Å². The molecule has 0 spiro atoms. The maximum Gasteiger partial charge on any atom is 0.124 e. The number of hydrogen-bond donors (Lipinski definition) is 0. The zero-order valence-electron chi connectivity index (χ0n) is 11.0. The lowest BCUT2D eigenvalue weighted by molar-refractivity contribution is 0.0300. The summed E-state index contributed by atoms with van der Waals surface area (Å²) in [5.74, 6) is 0.909. The van der Waals surface area contributed by atoms with Gasteiger partial charge >= 0.3 is 0 Å². The van der Waals surface area contributed by atoms with Gasteiger partial charge in [-0.15, -0.1) is 0 Å². The van der Waals surface area contributed by atoms with Crippen molar-refractivity contribution in [3.63, 3.8) is 0 Å². The van der Waals surface area contributed by atoms with Gasteiger partial charge < -0.3 is 9.47 Å². The third-order valence-electron chi connectivity index (χ3n) is 3.52. The van der Waals surface area contributed by atoms with E-state index in [2.05, 4.69) is 22.0 Å². The first-order chi connectivity index (χ1) is 8.79. The van der Waals surface area contributed by atoms with Crippen molar-refractivity contribution in [2.24, 2.45) is 0 Å². The summed E-state index contributed by atoms with van der Waals surface area (Å²) in [6.45, 7) is 0.646. The fourth-order valence-electron chi connectivity index (χ4n) is 2.48. The molecule has 0 aromatic heterocycles. The summed E-state index contributed by atoms with van der Waals surface area (Å²) in [5, 5.41) is 0. The molecule has 100 valence electrons. The van der Waals surface area contributed by atoms with E-state index in [0.29, 0.717) is 12.7 Å². The molecule has 1 aliphatic carbocycles. The van der Waals surface area contributed by atoms with Crippen LogP contribution in [-0.4, -0.2) is 13.2 Å². The lowest BCUT2D eigenvalue weighted by Gasteiger charge is -2.16. The Labute approximate surface area is 118 Å². The van der Waals surface area contributed by atoms with Crippen LogP contribution in [-0.2, 0) is 11.3 Å². The molecule has 2 rings (SSSR count). The Morgan fingerprint density at radius 2 is 1.89 bits per heavy atom. The molecule has 3 heteroatoms. The van der Waals surface area contributed by atoms with Crippen LogP contribution in [0.3, 0.4) is 0 Å². The quantitative estimate of drug-likeness (QED) is 0.750. The third kappa shape index (κ3) is 3.99. The zero-order valence-corrected chi connectivity index (χ0v) is 12.5. The van der Waals surface area contributed by atoms with Crippen molar-refractivity contribution in [2.75, 3.05) is 7.11 Å². The number of ether oxygens (including phenoxy) is 2. The van der Waals surface area contributed by atoms with Gasteiger partial charge in [0.05, 0.1) is 19.8 Å². The smallest absolute Gasteiger partial charge is 0.124 e. The summed E-state index contributed by atoms with van der Waals surface area (Å²) >= 11 is 3.49. The predicted octanol–water partition coefficient (Wildman–Crippen LogP) is 4.70. The molecule has 0 amide bonds. The minimum absolute atomic E-state index is 0.427. The average Bonchev–Trinajstić information content (AvgIpc) is 2.65. The van der Waals surface area contributed by atoms with E-state index < -0.39 is 0 Å². The normalized spacial score (nSPS) is 17.4. The summed E-state index contributed by atoms with van der Waals surface area (Å²) in [5.41, 5.74) is 1.12. The highest BCUT2D eigenvalue weighted by molar-refractivity contribution is 9.10. The van der Waals surface area contributed by atoms with Crippen molar-refractivity contribution >= 4 is 15.9 Å². The highest BCUT2D eigenvalue weighted by atomic mass is 79.9. The topological polar surface area (TPSA) is 18.5 Å². The molecule has 0 saturated heterocycles. The molecule has 1 aromatic carbocycles. The Morgan fingerprint density at radius 1 is 1.17 bits per heavy atom. The Morgan fingerprint density at radius 3 is 2.56 bits per heavy atom. The lowest BCUT2D eigenvalue weighted by atomic mass is 10.1. The van der Waals surface area contributed by atoms with Crippen LogP contribution in [0, 0.1) is 0 Å². The van der Waals surface area contributed by atoms with Gasteiger partial charge in [0.25, 0.3) is 0 Å². The van der Waals surface area contributed by atoms with Gasteiger partial charge in [-0.05, 0) is 31.0 Å². The first kappa shape index (κ1) is 13.9. The summed E-state index contributed by atoms with van der Waals surface area (Å²) in [7, 11) is 1.71. The molecule has 18 heavy (non-hydrogen) atoms. The van der Waals surface area contributed by atoms with E-state index in [1.54, 1.807) is 7.11 Å². The molecule has 1 aliphatic rings. The fourth-order valence-corrected chi connectivity index (χ4v) is 2.88. The summed E-state index contributed by atoms with van der Waals surface area (Å²) < 4.78 is 12.5. The maximum atomic E-state index is 6.05. The highest BCUT2D eigenvalue weighted by Crippen LogP contribution is 2.26. The van der Waals surface area contributed by atoms with Crippen LogP contribution in [0.4, 0.5) is 0 Å². The molecular weight excluding hydrogens is 292 g/mol. The Hall–Kier alpha value is -0.540. The van der Waals surface area contributed by atoms with Crippen molar-refractivity contribution in [1.29, 1.82) is 0 Å². The number of benzene rings is 1. The molecule has 0 heterocycles. The van der Waals surface area contributed by atoms with Crippen molar-refractivity contribution in [3.05, 3.63) is 28.2 Å². The molecule has 0 atom stereocenters. The monoisotopic (exact) mass is 312 g/mol. The SMILES string of the molecule is COc1ccc(Br)cc1COC1CCCCCC1. The van der Waals surface area contributed by atoms with Gasteiger partial charge in [-0.3, -0.25) is 0 Å². The van der Waals surface area contributed by atoms with Gasteiger partial charge in [-0.25, -0.2) is 0 Å². The summed E-state index contributed by atoms with van der Waals surface area (Å²) in [6, 6.07) is 6.05. The second-order valence-corrected chi connectivity index (χ2v) is 5.80. The van der Waals surface area contributed by atoms with Gasteiger partial charge in [0.1, 0.15) is 5.75 Å². The van der Waals surface area contributed by atoms with E-state index in [9.17, 15) is 0 Å². The maximum absolute atomic E-state index is 6.05. The molecule has 1 saturated carbocycles. The molecule has 1 aromatic rings. The van der Waals surface area contributed by atoms with E-state index in [1.807, 2.05) is 12.1 Å².